The van der Waals surface area contributed by atoms with Gasteiger partial charge in [-0.2, -0.15) is 0 Å². The number of nitrogens with one attached hydrogen (secondary N) is 3. The van der Waals surface area contributed by atoms with Gasteiger partial charge in [0.1, 0.15) is 13.1 Å². The van der Waals surface area contributed by atoms with Crippen molar-refractivity contribution in [2.75, 3.05) is 44.7 Å². The van der Waals surface area contributed by atoms with Crippen LogP contribution >= 0.6 is 12.2 Å². The highest BCUT2D eigenvalue weighted by atomic mass is 32.1. The fraction of sp³-hybridized carbons (Fsp3) is 0.533. The van der Waals surface area contributed by atoms with E-state index >= 15 is 0 Å². The molecule has 0 unspecified atom stereocenters. The number of quaternary nitrogens is 1. The summed E-state index contributed by atoms with van der Waals surface area (Å²) in [5.74, 6) is 0. The maximum atomic E-state index is 5.35. The van der Waals surface area contributed by atoms with Gasteiger partial charge in [-0.15, -0.1) is 0 Å². The van der Waals surface area contributed by atoms with Crippen LogP contribution in [0.2, 0.25) is 0 Å². The average molecular weight is 294 g/mol. The zero-order chi connectivity index (χ0) is 14.4. The van der Waals surface area contributed by atoms with Crippen molar-refractivity contribution in [3.05, 3.63) is 29.3 Å². The van der Waals surface area contributed by atoms with Crippen molar-refractivity contribution in [2.24, 2.45) is 0 Å². The van der Waals surface area contributed by atoms with Crippen LogP contribution in [-0.4, -0.2) is 44.5 Å². The van der Waals surface area contributed by atoms with E-state index in [2.05, 4.69) is 42.7 Å². The van der Waals surface area contributed by atoms with Crippen molar-refractivity contribution < 1.29 is 9.64 Å². The molecule has 0 saturated carbocycles. The molecule has 3 N–H and O–H groups in total. The van der Waals surface area contributed by atoms with Gasteiger partial charge >= 0.3 is 0 Å². The highest BCUT2D eigenvalue weighted by Gasteiger charge is 2.12. The summed E-state index contributed by atoms with van der Waals surface area (Å²) >= 11 is 5.33. The van der Waals surface area contributed by atoms with Gasteiger partial charge in [0.15, 0.2) is 5.11 Å². The number of benzene rings is 1. The van der Waals surface area contributed by atoms with E-state index in [1.54, 1.807) is 4.90 Å². The molecule has 1 aliphatic heterocycles. The third-order valence-electron chi connectivity index (χ3n) is 3.44. The van der Waals surface area contributed by atoms with Gasteiger partial charge in [-0.05, 0) is 49.3 Å². The van der Waals surface area contributed by atoms with E-state index in [0.717, 1.165) is 45.1 Å². The molecule has 0 bridgehead atoms. The summed E-state index contributed by atoms with van der Waals surface area (Å²) in [5, 5.41) is 7.22. The van der Waals surface area contributed by atoms with Crippen LogP contribution in [0.5, 0.6) is 0 Å². The second-order valence-corrected chi connectivity index (χ2v) is 5.78. The lowest BCUT2D eigenvalue weighted by atomic mass is 10.1. The minimum Gasteiger partial charge on any atom is -0.370 e. The molecular formula is C15H24N3OS+. The van der Waals surface area contributed by atoms with Crippen LogP contribution in [0.4, 0.5) is 5.69 Å². The van der Waals surface area contributed by atoms with E-state index in [1.807, 2.05) is 0 Å². The number of aryl methyl sites for hydroxylation is 2. The van der Waals surface area contributed by atoms with E-state index in [0.29, 0.717) is 5.11 Å². The number of morpholine rings is 1. The third-order valence-corrected chi connectivity index (χ3v) is 3.69. The van der Waals surface area contributed by atoms with Crippen LogP contribution in [-0.2, 0) is 4.74 Å². The van der Waals surface area contributed by atoms with Crippen LogP contribution in [0.3, 0.4) is 0 Å². The Morgan fingerprint density at radius 3 is 2.50 bits per heavy atom. The highest BCUT2D eigenvalue weighted by molar-refractivity contribution is 7.80. The fourth-order valence-electron chi connectivity index (χ4n) is 2.49. The number of hydrogen-bond donors (Lipinski definition) is 3. The standard InChI is InChI=1S/C15H23N3OS/c1-12-9-13(2)11-14(10-12)17-15(20)16-3-4-18-5-7-19-8-6-18/h9-11H,3-8H2,1-2H3,(H2,16,17,20)/p+1. The quantitative estimate of drug-likeness (QED) is 0.707. The maximum Gasteiger partial charge on any atom is 0.170 e. The van der Waals surface area contributed by atoms with Crippen molar-refractivity contribution in [3.63, 3.8) is 0 Å². The zero-order valence-corrected chi connectivity index (χ0v) is 13.1. The smallest absolute Gasteiger partial charge is 0.170 e. The number of thiocarbonyl (C=S) groups is 1. The summed E-state index contributed by atoms with van der Waals surface area (Å²) in [6, 6.07) is 6.37. The van der Waals surface area contributed by atoms with Crippen LogP contribution in [0.15, 0.2) is 18.2 Å². The number of anilines is 1. The summed E-state index contributed by atoms with van der Waals surface area (Å²) < 4.78 is 5.35. The van der Waals surface area contributed by atoms with E-state index in [-0.39, 0.29) is 0 Å². The topological polar surface area (TPSA) is 37.7 Å². The van der Waals surface area contributed by atoms with Gasteiger partial charge < -0.3 is 20.3 Å². The second-order valence-electron chi connectivity index (χ2n) is 5.37. The van der Waals surface area contributed by atoms with Crippen LogP contribution < -0.4 is 15.5 Å². The van der Waals surface area contributed by atoms with Gasteiger partial charge in [-0.3, -0.25) is 0 Å². The molecule has 0 spiro atoms. The van der Waals surface area contributed by atoms with Gasteiger partial charge in [0, 0.05) is 5.69 Å². The third kappa shape index (κ3) is 5.07. The molecule has 0 amide bonds. The molecule has 0 aromatic heterocycles. The molecule has 1 fully saturated rings. The van der Waals surface area contributed by atoms with Gasteiger partial charge in [0.2, 0.25) is 0 Å². The predicted octanol–water partition coefficient (Wildman–Crippen LogP) is 0.505. The Morgan fingerprint density at radius 2 is 1.85 bits per heavy atom. The molecule has 110 valence electrons. The lowest BCUT2D eigenvalue weighted by Gasteiger charge is -2.24. The van der Waals surface area contributed by atoms with Gasteiger partial charge in [-0.25, -0.2) is 0 Å². The normalized spacial score (nSPS) is 15.9. The first-order valence-electron chi connectivity index (χ1n) is 7.18. The molecule has 1 saturated heterocycles. The Bertz CT molecular complexity index is 438. The van der Waals surface area contributed by atoms with E-state index in [4.69, 9.17) is 17.0 Å². The monoisotopic (exact) mass is 294 g/mol. The van der Waals surface area contributed by atoms with Crippen molar-refractivity contribution in [3.8, 4) is 0 Å². The van der Waals surface area contributed by atoms with Gasteiger partial charge in [-0.1, -0.05) is 6.07 Å². The SMILES string of the molecule is Cc1cc(C)cc(NC(=S)NCC[NH+]2CCOCC2)c1. The summed E-state index contributed by atoms with van der Waals surface area (Å²) in [6.45, 7) is 10.1. The van der Waals surface area contributed by atoms with Gasteiger partial charge in [0.05, 0.1) is 26.3 Å². The lowest BCUT2D eigenvalue weighted by Crippen LogP contribution is -3.14. The maximum absolute atomic E-state index is 5.35. The second kappa shape index (κ2) is 7.57. The molecule has 5 heteroatoms. The Hall–Kier alpha value is -1.17. The van der Waals surface area contributed by atoms with Crippen LogP contribution in [0.1, 0.15) is 11.1 Å². The first-order chi connectivity index (χ1) is 9.63. The molecule has 0 aliphatic carbocycles. The van der Waals surface area contributed by atoms with E-state index < -0.39 is 0 Å². The molecule has 0 radical (unpaired) electrons. The van der Waals surface area contributed by atoms with Crippen molar-refractivity contribution in [1.29, 1.82) is 0 Å². The summed E-state index contributed by atoms with van der Waals surface area (Å²) in [4.78, 5) is 1.58. The van der Waals surface area contributed by atoms with E-state index in [9.17, 15) is 0 Å². The number of rotatable bonds is 4. The minimum atomic E-state index is 0.697. The number of hydrogen-bond acceptors (Lipinski definition) is 2. The fourth-order valence-corrected chi connectivity index (χ4v) is 2.70. The molecule has 20 heavy (non-hydrogen) atoms. The molecule has 1 aliphatic rings. The Balaban J connectivity index is 1.72. The van der Waals surface area contributed by atoms with Crippen LogP contribution in [0.25, 0.3) is 0 Å². The molecular weight excluding hydrogens is 270 g/mol. The number of ether oxygens (including phenoxy) is 1. The molecule has 2 rings (SSSR count). The summed E-state index contributed by atoms with van der Waals surface area (Å²) in [7, 11) is 0. The Kier molecular flexibility index (Phi) is 5.76. The van der Waals surface area contributed by atoms with E-state index in [1.165, 1.54) is 11.1 Å². The first kappa shape index (κ1) is 15.2. The van der Waals surface area contributed by atoms with Crippen LogP contribution in [0, 0.1) is 13.8 Å². The molecule has 1 aromatic rings. The van der Waals surface area contributed by atoms with Crippen molar-refractivity contribution in [1.82, 2.24) is 5.32 Å². The van der Waals surface area contributed by atoms with Crippen molar-refractivity contribution in [2.45, 2.75) is 13.8 Å². The van der Waals surface area contributed by atoms with Crippen molar-refractivity contribution >= 4 is 23.0 Å². The minimum absolute atomic E-state index is 0.697. The zero-order valence-electron chi connectivity index (χ0n) is 12.3. The highest BCUT2D eigenvalue weighted by Crippen LogP contribution is 2.13. The lowest BCUT2D eigenvalue weighted by molar-refractivity contribution is -0.906. The predicted molar refractivity (Wildman–Crippen MR) is 86.5 cm³/mol. The molecule has 1 aromatic carbocycles. The summed E-state index contributed by atoms with van der Waals surface area (Å²) in [6.07, 6.45) is 0. The average Bonchev–Trinajstić information content (AvgIpc) is 2.38. The Labute approximate surface area is 126 Å². The summed E-state index contributed by atoms with van der Waals surface area (Å²) in [5.41, 5.74) is 3.54. The molecule has 4 nitrogen and oxygen atoms in total. The largest absolute Gasteiger partial charge is 0.370 e. The first-order valence-corrected chi connectivity index (χ1v) is 7.59. The molecule has 1 heterocycles. The van der Waals surface area contributed by atoms with Gasteiger partial charge in [0.25, 0.3) is 0 Å². The Morgan fingerprint density at radius 1 is 1.20 bits per heavy atom. The molecule has 0 atom stereocenters.